The fourth-order valence-corrected chi connectivity index (χ4v) is 4.07. The Kier molecular flexibility index (Phi) is 7.16. The Morgan fingerprint density at radius 3 is 2.32 bits per heavy atom. The van der Waals surface area contributed by atoms with Crippen molar-refractivity contribution in [2.24, 2.45) is 0 Å². The molecule has 38 heavy (non-hydrogen) atoms. The van der Waals surface area contributed by atoms with Crippen LogP contribution in [0.4, 0.5) is 11.5 Å². The highest BCUT2D eigenvalue weighted by Gasteiger charge is 2.23. The van der Waals surface area contributed by atoms with Crippen LogP contribution in [0.25, 0.3) is 16.9 Å². The number of amides is 1. The van der Waals surface area contributed by atoms with Crippen LogP contribution in [0.3, 0.4) is 0 Å². The lowest BCUT2D eigenvalue weighted by molar-refractivity contribution is -0.384. The minimum Gasteiger partial charge on any atom is -0.481 e. The largest absolute Gasteiger partial charge is 0.481 e. The van der Waals surface area contributed by atoms with E-state index >= 15 is 0 Å². The Balaban J connectivity index is 1.71. The van der Waals surface area contributed by atoms with Crippen LogP contribution in [0.15, 0.2) is 66.9 Å². The fraction of sp³-hybridized carbons (Fsp3) is 0.250. The van der Waals surface area contributed by atoms with Gasteiger partial charge < -0.3 is 15.7 Å². The van der Waals surface area contributed by atoms with Gasteiger partial charge >= 0.3 is 5.97 Å². The lowest BCUT2D eigenvalue weighted by atomic mass is 10.0. The van der Waals surface area contributed by atoms with E-state index in [1.165, 1.54) is 12.1 Å². The molecule has 2 aromatic carbocycles. The molecule has 0 radical (unpaired) electrons. The maximum Gasteiger partial charge on any atom is 0.305 e. The van der Waals surface area contributed by atoms with Crippen LogP contribution < -0.4 is 10.6 Å². The number of non-ortho nitro benzene ring substituents is 1. The van der Waals surface area contributed by atoms with E-state index in [9.17, 15) is 24.8 Å². The average molecular weight is 516 g/mol. The van der Waals surface area contributed by atoms with Gasteiger partial charge in [0.15, 0.2) is 0 Å². The molecule has 0 spiro atoms. The van der Waals surface area contributed by atoms with E-state index in [1.807, 2.05) is 56.4 Å². The first-order valence-electron chi connectivity index (χ1n) is 12.1. The summed E-state index contributed by atoms with van der Waals surface area (Å²) in [6, 6.07) is 16.1. The van der Waals surface area contributed by atoms with Crippen LogP contribution in [-0.2, 0) is 4.79 Å². The van der Waals surface area contributed by atoms with Crippen LogP contribution in [0, 0.1) is 17.0 Å². The minimum absolute atomic E-state index is 0.0220. The number of nitrogens with one attached hydrogen (secondary N) is 2. The van der Waals surface area contributed by atoms with E-state index < -0.39 is 22.8 Å². The van der Waals surface area contributed by atoms with Crippen LogP contribution in [0.5, 0.6) is 0 Å². The van der Waals surface area contributed by atoms with E-state index in [0.717, 1.165) is 5.56 Å². The molecule has 4 rings (SSSR count). The van der Waals surface area contributed by atoms with Crippen molar-refractivity contribution in [2.75, 3.05) is 5.32 Å². The summed E-state index contributed by atoms with van der Waals surface area (Å²) in [6.45, 7) is 7.94. The number of nitrogens with zero attached hydrogens (tertiary/aromatic N) is 3. The van der Waals surface area contributed by atoms with Gasteiger partial charge in [0.25, 0.3) is 11.6 Å². The van der Waals surface area contributed by atoms with Gasteiger partial charge in [0.2, 0.25) is 0 Å². The topological polar surface area (TPSA) is 139 Å². The lowest BCUT2D eigenvalue weighted by Gasteiger charge is -2.22. The molecule has 2 aromatic heterocycles. The van der Waals surface area contributed by atoms with E-state index in [2.05, 4.69) is 10.6 Å². The van der Waals surface area contributed by atoms with E-state index in [-0.39, 0.29) is 17.6 Å². The highest BCUT2D eigenvalue weighted by atomic mass is 16.6. The van der Waals surface area contributed by atoms with Crippen molar-refractivity contribution in [2.45, 2.75) is 45.7 Å². The number of aliphatic carboxylic acids is 1. The summed E-state index contributed by atoms with van der Waals surface area (Å²) in [5.74, 6) is -0.772. The van der Waals surface area contributed by atoms with Gasteiger partial charge in [-0.1, -0.05) is 29.8 Å². The van der Waals surface area contributed by atoms with Crippen molar-refractivity contribution in [1.29, 1.82) is 0 Å². The van der Waals surface area contributed by atoms with Gasteiger partial charge in [0.05, 0.1) is 17.4 Å². The zero-order valence-corrected chi connectivity index (χ0v) is 21.6. The number of carboxylic acids is 1. The molecule has 0 bridgehead atoms. The maximum absolute atomic E-state index is 13.2. The van der Waals surface area contributed by atoms with Gasteiger partial charge in [-0.15, -0.1) is 0 Å². The minimum atomic E-state index is -1.02. The molecule has 2 heterocycles. The quantitative estimate of drug-likeness (QED) is 0.212. The van der Waals surface area contributed by atoms with Crippen LogP contribution in [0.2, 0.25) is 0 Å². The first-order valence-corrected chi connectivity index (χ1v) is 12.1. The molecule has 1 amide bonds. The number of carbonyl (C=O) groups excluding carboxylic acids is 1. The number of aromatic nitrogens is 2. The van der Waals surface area contributed by atoms with Crippen molar-refractivity contribution >= 4 is 29.0 Å². The highest BCUT2D eigenvalue weighted by Crippen LogP contribution is 2.32. The SMILES string of the molecule is Cc1ccc(C(CC(=O)O)NC(=O)c2ccn3c(NC(C)(C)C)c(-c4ccc([N+](=O)[O-])cc4)nc3c2)cc1. The molecule has 1 atom stereocenters. The molecule has 10 nitrogen and oxygen atoms in total. The van der Waals surface area contributed by atoms with Gasteiger partial charge in [0, 0.05) is 35.0 Å². The number of rotatable bonds is 8. The van der Waals surface area contributed by atoms with E-state index in [1.54, 1.807) is 30.5 Å². The van der Waals surface area contributed by atoms with Crippen molar-refractivity contribution in [1.82, 2.24) is 14.7 Å². The van der Waals surface area contributed by atoms with Crippen molar-refractivity contribution < 1.29 is 19.6 Å². The molecule has 0 fully saturated rings. The normalized spacial score (nSPS) is 12.2. The van der Waals surface area contributed by atoms with E-state index in [0.29, 0.717) is 33.8 Å². The van der Waals surface area contributed by atoms with Crippen LogP contribution in [-0.4, -0.2) is 36.8 Å². The third-order valence-corrected chi connectivity index (χ3v) is 5.90. The molecule has 4 aromatic rings. The Morgan fingerprint density at radius 2 is 1.74 bits per heavy atom. The standard InChI is InChI=1S/C28H29N5O5/c1-17-5-7-18(8-6-17)22(16-24(34)35)29-27(36)20-13-14-32-23(15-20)30-25(26(32)31-28(2,3)4)19-9-11-21(12-10-19)33(37)38/h5-15,22,31H,16H2,1-4H3,(H,29,36)(H,34,35). The number of hydrogen-bond acceptors (Lipinski definition) is 6. The Bertz CT molecular complexity index is 1500. The smallest absolute Gasteiger partial charge is 0.305 e. The highest BCUT2D eigenvalue weighted by molar-refractivity contribution is 5.96. The van der Waals surface area contributed by atoms with Gasteiger partial charge in [-0.2, -0.15) is 0 Å². The monoisotopic (exact) mass is 515 g/mol. The number of nitro groups is 1. The summed E-state index contributed by atoms with van der Waals surface area (Å²) >= 11 is 0. The molecule has 0 aliphatic heterocycles. The Morgan fingerprint density at radius 1 is 1.08 bits per heavy atom. The zero-order valence-electron chi connectivity index (χ0n) is 21.6. The predicted octanol–water partition coefficient (Wildman–Crippen LogP) is 5.37. The van der Waals surface area contributed by atoms with Crippen molar-refractivity contribution in [3.8, 4) is 11.3 Å². The summed E-state index contributed by atoms with van der Waals surface area (Å²) in [7, 11) is 0. The second-order valence-electron chi connectivity index (χ2n) is 10.2. The molecule has 196 valence electrons. The summed E-state index contributed by atoms with van der Waals surface area (Å²) in [4.78, 5) is 40.0. The number of nitro benzene ring substituents is 1. The second kappa shape index (κ2) is 10.3. The number of hydrogen-bond donors (Lipinski definition) is 3. The fourth-order valence-electron chi connectivity index (χ4n) is 4.07. The summed E-state index contributed by atoms with van der Waals surface area (Å²) in [5.41, 5.74) is 3.46. The molecule has 0 saturated heterocycles. The average Bonchev–Trinajstić information content (AvgIpc) is 3.20. The Hall–Kier alpha value is -4.73. The zero-order chi connectivity index (χ0) is 27.6. The number of carbonyl (C=O) groups is 2. The number of carboxylic acid groups (broad SMARTS) is 1. The maximum atomic E-state index is 13.2. The molecule has 10 heteroatoms. The van der Waals surface area contributed by atoms with Crippen LogP contribution in [0.1, 0.15) is 54.7 Å². The number of anilines is 1. The first-order chi connectivity index (χ1) is 17.9. The number of benzene rings is 2. The second-order valence-corrected chi connectivity index (χ2v) is 10.2. The molecule has 0 saturated carbocycles. The van der Waals surface area contributed by atoms with Gasteiger partial charge in [-0.3, -0.25) is 24.1 Å². The summed E-state index contributed by atoms with van der Waals surface area (Å²) in [5, 5.41) is 26.8. The molecule has 0 aliphatic carbocycles. The first kappa shape index (κ1) is 26.3. The third-order valence-electron chi connectivity index (χ3n) is 5.90. The molecule has 1 unspecified atom stereocenters. The molecule has 0 aliphatic rings. The van der Waals surface area contributed by atoms with Crippen molar-refractivity contribution in [3.05, 3.63) is 93.7 Å². The predicted molar refractivity (Wildman–Crippen MR) is 144 cm³/mol. The molecular weight excluding hydrogens is 486 g/mol. The number of pyridine rings is 1. The number of imidazole rings is 1. The summed E-state index contributed by atoms with van der Waals surface area (Å²) < 4.78 is 1.81. The molecular formula is C28H29N5O5. The van der Waals surface area contributed by atoms with Gasteiger partial charge in [-0.05, 0) is 57.5 Å². The third kappa shape index (κ3) is 5.97. The Labute approximate surface area is 219 Å². The van der Waals surface area contributed by atoms with Gasteiger partial charge in [-0.25, -0.2) is 4.98 Å². The summed E-state index contributed by atoms with van der Waals surface area (Å²) in [6.07, 6.45) is 1.46. The van der Waals surface area contributed by atoms with Crippen LogP contribution >= 0.6 is 0 Å². The van der Waals surface area contributed by atoms with Gasteiger partial charge in [0.1, 0.15) is 17.2 Å². The molecule has 3 N–H and O–H groups in total. The van der Waals surface area contributed by atoms with Crippen molar-refractivity contribution in [3.63, 3.8) is 0 Å². The van der Waals surface area contributed by atoms with E-state index in [4.69, 9.17) is 4.98 Å². The lowest BCUT2D eigenvalue weighted by Crippen LogP contribution is -2.30. The number of aryl methyl sites for hydroxylation is 1. The number of fused-ring (bicyclic) bond motifs is 1.